The molecule has 0 radical (unpaired) electrons. The van der Waals surface area contributed by atoms with Gasteiger partial charge in [0.2, 0.25) is 5.91 Å². The average molecular weight is 381 g/mol. The Morgan fingerprint density at radius 2 is 1.91 bits per heavy atom. The largest absolute Gasteiger partial charge is 0.506 e. The van der Waals surface area contributed by atoms with E-state index in [1.807, 2.05) is 0 Å². The van der Waals surface area contributed by atoms with Gasteiger partial charge in [-0.15, -0.1) is 0 Å². The minimum atomic E-state index is -0.518. The SMILES string of the molecule is O=C(CCNC(=O)c1cc(F)ccc1Br)Nc1ccccc1O. The van der Waals surface area contributed by atoms with Crippen LogP contribution in [0.25, 0.3) is 0 Å². The van der Waals surface area contributed by atoms with Crippen molar-refractivity contribution in [1.82, 2.24) is 5.32 Å². The Morgan fingerprint density at radius 1 is 1.17 bits per heavy atom. The third kappa shape index (κ3) is 4.79. The summed E-state index contributed by atoms with van der Waals surface area (Å²) in [5.41, 5.74) is 0.461. The number of halogens is 2. The lowest BCUT2D eigenvalue weighted by Gasteiger charge is -2.09. The quantitative estimate of drug-likeness (QED) is 0.697. The third-order valence-corrected chi connectivity index (χ3v) is 3.68. The molecule has 3 N–H and O–H groups in total. The number of rotatable bonds is 5. The van der Waals surface area contributed by atoms with E-state index in [4.69, 9.17) is 0 Å². The molecule has 0 aromatic heterocycles. The predicted octanol–water partition coefficient (Wildman–Crippen LogP) is 3.05. The number of carbonyl (C=O) groups excluding carboxylic acids is 2. The molecule has 2 amide bonds. The fraction of sp³-hybridized carbons (Fsp3) is 0.125. The van der Waals surface area contributed by atoms with Gasteiger partial charge in [-0.3, -0.25) is 9.59 Å². The molecule has 5 nitrogen and oxygen atoms in total. The van der Waals surface area contributed by atoms with Gasteiger partial charge in [-0.1, -0.05) is 12.1 Å². The van der Waals surface area contributed by atoms with Crippen LogP contribution in [-0.4, -0.2) is 23.5 Å². The molecule has 23 heavy (non-hydrogen) atoms. The standard InChI is InChI=1S/C16H14BrFN2O3/c17-12-6-5-10(18)9-11(12)16(23)19-8-7-15(22)20-13-3-1-2-4-14(13)21/h1-6,9,21H,7-8H2,(H,19,23)(H,20,22). The van der Waals surface area contributed by atoms with E-state index in [9.17, 15) is 19.1 Å². The number of phenolic OH excluding ortho intramolecular Hbond substituents is 1. The van der Waals surface area contributed by atoms with Gasteiger partial charge < -0.3 is 15.7 Å². The molecule has 0 aliphatic rings. The van der Waals surface area contributed by atoms with Crippen LogP contribution in [0.3, 0.4) is 0 Å². The highest BCUT2D eigenvalue weighted by molar-refractivity contribution is 9.10. The van der Waals surface area contributed by atoms with Gasteiger partial charge in [0.15, 0.2) is 0 Å². The smallest absolute Gasteiger partial charge is 0.252 e. The molecule has 0 unspecified atom stereocenters. The van der Waals surface area contributed by atoms with Crippen molar-refractivity contribution in [2.75, 3.05) is 11.9 Å². The lowest BCUT2D eigenvalue weighted by Crippen LogP contribution is -2.28. The topological polar surface area (TPSA) is 78.4 Å². The summed E-state index contributed by atoms with van der Waals surface area (Å²) in [7, 11) is 0. The van der Waals surface area contributed by atoms with Crippen LogP contribution in [0, 0.1) is 5.82 Å². The molecule has 120 valence electrons. The highest BCUT2D eigenvalue weighted by Gasteiger charge is 2.12. The minimum Gasteiger partial charge on any atom is -0.506 e. The van der Waals surface area contributed by atoms with Crippen molar-refractivity contribution in [1.29, 1.82) is 0 Å². The molecule has 0 saturated heterocycles. The average Bonchev–Trinajstić information content (AvgIpc) is 2.52. The minimum absolute atomic E-state index is 0.0208. The van der Waals surface area contributed by atoms with E-state index in [0.29, 0.717) is 10.2 Å². The van der Waals surface area contributed by atoms with Gasteiger partial charge in [0.25, 0.3) is 5.91 Å². The van der Waals surface area contributed by atoms with Crippen molar-refractivity contribution in [3.05, 3.63) is 58.3 Å². The molecule has 0 spiro atoms. The fourth-order valence-corrected chi connectivity index (χ4v) is 2.28. The first-order chi connectivity index (χ1) is 11.0. The molecule has 0 bridgehead atoms. The van der Waals surface area contributed by atoms with Gasteiger partial charge in [-0.25, -0.2) is 4.39 Å². The Hall–Kier alpha value is -2.41. The van der Waals surface area contributed by atoms with Crippen LogP contribution in [0.1, 0.15) is 16.8 Å². The summed E-state index contributed by atoms with van der Waals surface area (Å²) in [6.45, 7) is 0.0845. The van der Waals surface area contributed by atoms with Crippen LogP contribution in [-0.2, 0) is 4.79 Å². The van der Waals surface area contributed by atoms with Gasteiger partial charge in [-0.05, 0) is 46.3 Å². The van der Waals surface area contributed by atoms with Crippen molar-refractivity contribution in [2.45, 2.75) is 6.42 Å². The number of anilines is 1. The molecule has 0 aliphatic carbocycles. The molecule has 0 saturated carbocycles. The number of amides is 2. The van der Waals surface area contributed by atoms with E-state index in [-0.39, 0.29) is 30.2 Å². The van der Waals surface area contributed by atoms with Crippen LogP contribution in [0.5, 0.6) is 5.75 Å². The molecule has 0 heterocycles. The lowest BCUT2D eigenvalue weighted by molar-refractivity contribution is -0.116. The second-order valence-electron chi connectivity index (χ2n) is 4.70. The van der Waals surface area contributed by atoms with Crippen molar-refractivity contribution >= 4 is 33.4 Å². The van der Waals surface area contributed by atoms with E-state index in [1.54, 1.807) is 18.2 Å². The molecule has 2 rings (SSSR count). The molecular weight excluding hydrogens is 367 g/mol. The molecular formula is C16H14BrFN2O3. The van der Waals surface area contributed by atoms with Gasteiger partial charge in [0.1, 0.15) is 11.6 Å². The fourth-order valence-electron chi connectivity index (χ4n) is 1.85. The predicted molar refractivity (Wildman–Crippen MR) is 87.8 cm³/mol. The molecule has 2 aromatic carbocycles. The first-order valence-electron chi connectivity index (χ1n) is 6.78. The van der Waals surface area contributed by atoms with Crippen molar-refractivity contribution in [2.24, 2.45) is 0 Å². The Kier molecular flexibility index (Phi) is 5.70. The normalized spacial score (nSPS) is 10.2. The van der Waals surface area contributed by atoms with E-state index >= 15 is 0 Å². The Labute approximate surface area is 140 Å². The zero-order chi connectivity index (χ0) is 16.8. The van der Waals surface area contributed by atoms with E-state index in [1.165, 1.54) is 18.2 Å². The number of phenols is 1. The molecule has 2 aromatic rings. The summed E-state index contributed by atoms with van der Waals surface area (Å²) in [5, 5.41) is 14.6. The van der Waals surface area contributed by atoms with Gasteiger partial charge >= 0.3 is 0 Å². The number of nitrogens with one attached hydrogen (secondary N) is 2. The maximum absolute atomic E-state index is 13.1. The zero-order valence-electron chi connectivity index (χ0n) is 12.0. The summed E-state index contributed by atoms with van der Waals surface area (Å²) >= 11 is 3.17. The van der Waals surface area contributed by atoms with Crippen LogP contribution in [0.4, 0.5) is 10.1 Å². The number of benzene rings is 2. The highest BCUT2D eigenvalue weighted by atomic mass is 79.9. The van der Waals surface area contributed by atoms with E-state index < -0.39 is 11.7 Å². The molecule has 0 atom stereocenters. The van der Waals surface area contributed by atoms with Gasteiger partial charge in [0, 0.05) is 17.4 Å². The molecule has 0 aliphatic heterocycles. The maximum Gasteiger partial charge on any atom is 0.252 e. The van der Waals surface area contributed by atoms with Crippen LogP contribution in [0.15, 0.2) is 46.9 Å². The first-order valence-corrected chi connectivity index (χ1v) is 7.58. The third-order valence-electron chi connectivity index (χ3n) is 2.99. The summed E-state index contributed by atoms with van der Waals surface area (Å²) < 4.78 is 13.6. The summed E-state index contributed by atoms with van der Waals surface area (Å²) in [5.74, 6) is -1.39. The lowest BCUT2D eigenvalue weighted by atomic mass is 10.2. The van der Waals surface area contributed by atoms with Crippen molar-refractivity contribution in [3.8, 4) is 5.75 Å². The van der Waals surface area contributed by atoms with E-state index in [2.05, 4.69) is 26.6 Å². The number of aromatic hydroxyl groups is 1. The number of carbonyl (C=O) groups is 2. The summed E-state index contributed by atoms with van der Waals surface area (Å²) in [6.07, 6.45) is 0.0208. The second kappa shape index (κ2) is 7.73. The number of para-hydroxylation sites is 2. The zero-order valence-corrected chi connectivity index (χ0v) is 13.6. The van der Waals surface area contributed by atoms with Crippen LogP contribution in [0.2, 0.25) is 0 Å². The van der Waals surface area contributed by atoms with Crippen LogP contribution < -0.4 is 10.6 Å². The van der Waals surface area contributed by atoms with Gasteiger partial charge in [0.05, 0.1) is 11.3 Å². The molecule has 0 fully saturated rings. The monoisotopic (exact) mass is 380 g/mol. The summed E-state index contributed by atoms with van der Waals surface area (Å²) in [6, 6.07) is 10.1. The first kappa shape index (κ1) is 17.0. The molecule has 7 heteroatoms. The van der Waals surface area contributed by atoms with Gasteiger partial charge in [-0.2, -0.15) is 0 Å². The Morgan fingerprint density at radius 3 is 2.65 bits per heavy atom. The maximum atomic E-state index is 13.1. The Bertz CT molecular complexity index is 737. The summed E-state index contributed by atoms with van der Waals surface area (Å²) in [4.78, 5) is 23.7. The Balaban J connectivity index is 1.85. The second-order valence-corrected chi connectivity index (χ2v) is 5.55. The number of hydrogen-bond acceptors (Lipinski definition) is 3. The van der Waals surface area contributed by atoms with Crippen molar-refractivity contribution < 1.29 is 19.1 Å². The van der Waals surface area contributed by atoms with Crippen LogP contribution >= 0.6 is 15.9 Å². The number of hydrogen-bond donors (Lipinski definition) is 3. The van der Waals surface area contributed by atoms with Crippen molar-refractivity contribution in [3.63, 3.8) is 0 Å². The van der Waals surface area contributed by atoms with E-state index in [0.717, 1.165) is 6.07 Å². The highest BCUT2D eigenvalue weighted by Crippen LogP contribution is 2.21.